The molecule has 1 unspecified atom stereocenters. The van der Waals surface area contributed by atoms with Crippen molar-refractivity contribution in [3.05, 3.63) is 71.3 Å². The third-order valence-corrected chi connectivity index (χ3v) is 4.39. The van der Waals surface area contributed by atoms with E-state index < -0.39 is 0 Å². The van der Waals surface area contributed by atoms with Crippen molar-refractivity contribution in [1.29, 1.82) is 0 Å². The second-order valence-corrected chi connectivity index (χ2v) is 6.35. The summed E-state index contributed by atoms with van der Waals surface area (Å²) in [6.07, 6.45) is 3.51. The van der Waals surface area contributed by atoms with Gasteiger partial charge in [0.1, 0.15) is 0 Å². The maximum absolute atomic E-state index is 2.46. The van der Waals surface area contributed by atoms with E-state index in [1.165, 1.54) is 29.5 Å². The van der Waals surface area contributed by atoms with Crippen LogP contribution in [0.25, 0.3) is 0 Å². The SMILES string of the molecule is CCc1ccc(C(C)CN(C)CCCc2ccccc2)cc1. The Morgan fingerprint density at radius 2 is 1.59 bits per heavy atom. The molecule has 1 nitrogen and oxygen atoms in total. The molecule has 0 aliphatic carbocycles. The van der Waals surface area contributed by atoms with Crippen LogP contribution in [0.5, 0.6) is 0 Å². The van der Waals surface area contributed by atoms with Crippen molar-refractivity contribution in [1.82, 2.24) is 4.90 Å². The smallest absolute Gasteiger partial charge is 0.00446 e. The van der Waals surface area contributed by atoms with Gasteiger partial charge in [-0.05, 0) is 55.5 Å². The number of nitrogens with zero attached hydrogens (tertiary/aromatic N) is 1. The van der Waals surface area contributed by atoms with Crippen molar-refractivity contribution in [2.45, 2.75) is 39.0 Å². The predicted molar refractivity (Wildman–Crippen MR) is 96.5 cm³/mol. The van der Waals surface area contributed by atoms with Gasteiger partial charge in [-0.1, -0.05) is 68.4 Å². The van der Waals surface area contributed by atoms with E-state index in [9.17, 15) is 0 Å². The fourth-order valence-corrected chi connectivity index (χ4v) is 2.94. The predicted octanol–water partition coefficient (Wildman–Crippen LogP) is 4.92. The maximum atomic E-state index is 2.46. The van der Waals surface area contributed by atoms with Gasteiger partial charge in [0.25, 0.3) is 0 Å². The zero-order valence-corrected chi connectivity index (χ0v) is 14.3. The summed E-state index contributed by atoms with van der Waals surface area (Å²) in [7, 11) is 2.24. The van der Waals surface area contributed by atoms with Crippen molar-refractivity contribution < 1.29 is 0 Å². The first-order valence-corrected chi connectivity index (χ1v) is 8.50. The molecule has 0 aliphatic rings. The summed E-state index contributed by atoms with van der Waals surface area (Å²) in [4.78, 5) is 2.46. The molecule has 2 rings (SSSR count). The zero-order chi connectivity index (χ0) is 15.8. The van der Waals surface area contributed by atoms with Crippen LogP contribution in [0, 0.1) is 0 Å². The van der Waals surface area contributed by atoms with Crippen LogP contribution in [0.4, 0.5) is 0 Å². The highest BCUT2D eigenvalue weighted by atomic mass is 15.1. The van der Waals surface area contributed by atoms with Crippen LogP contribution in [0.2, 0.25) is 0 Å². The second-order valence-electron chi connectivity index (χ2n) is 6.35. The molecule has 0 aliphatic heterocycles. The Bertz CT molecular complexity index is 530. The van der Waals surface area contributed by atoms with Gasteiger partial charge in [-0.3, -0.25) is 0 Å². The van der Waals surface area contributed by atoms with Gasteiger partial charge < -0.3 is 4.90 Å². The lowest BCUT2D eigenvalue weighted by Crippen LogP contribution is -2.25. The minimum Gasteiger partial charge on any atom is -0.306 e. The average molecular weight is 295 g/mol. The number of hydrogen-bond acceptors (Lipinski definition) is 1. The Balaban J connectivity index is 1.74. The lowest BCUT2D eigenvalue weighted by Gasteiger charge is -2.21. The monoisotopic (exact) mass is 295 g/mol. The molecule has 0 radical (unpaired) electrons. The van der Waals surface area contributed by atoms with Gasteiger partial charge in [0, 0.05) is 6.54 Å². The van der Waals surface area contributed by atoms with E-state index in [0.29, 0.717) is 5.92 Å². The molecule has 0 saturated carbocycles. The molecule has 0 saturated heterocycles. The van der Waals surface area contributed by atoms with E-state index in [2.05, 4.69) is 80.4 Å². The summed E-state index contributed by atoms with van der Waals surface area (Å²) in [5.74, 6) is 0.590. The van der Waals surface area contributed by atoms with Gasteiger partial charge in [-0.15, -0.1) is 0 Å². The van der Waals surface area contributed by atoms with Crippen LogP contribution in [-0.4, -0.2) is 25.0 Å². The molecule has 2 aromatic rings. The summed E-state index contributed by atoms with van der Waals surface area (Å²) in [5.41, 5.74) is 4.32. The highest BCUT2D eigenvalue weighted by Crippen LogP contribution is 2.17. The first-order chi connectivity index (χ1) is 10.7. The van der Waals surface area contributed by atoms with Crippen molar-refractivity contribution in [2.24, 2.45) is 0 Å². The second kappa shape index (κ2) is 8.75. The Labute approximate surface area is 136 Å². The van der Waals surface area contributed by atoms with E-state index in [1.54, 1.807) is 0 Å². The lowest BCUT2D eigenvalue weighted by molar-refractivity contribution is 0.313. The summed E-state index contributed by atoms with van der Waals surface area (Å²) < 4.78 is 0. The molecule has 1 heteroatoms. The van der Waals surface area contributed by atoms with Crippen molar-refractivity contribution in [3.8, 4) is 0 Å². The lowest BCUT2D eigenvalue weighted by atomic mass is 9.98. The van der Waals surface area contributed by atoms with E-state index in [0.717, 1.165) is 19.5 Å². The van der Waals surface area contributed by atoms with Crippen molar-refractivity contribution >= 4 is 0 Å². The molecule has 0 fully saturated rings. The van der Waals surface area contributed by atoms with Gasteiger partial charge in [0.15, 0.2) is 0 Å². The molecule has 0 heterocycles. The van der Waals surface area contributed by atoms with Crippen LogP contribution in [0.15, 0.2) is 54.6 Å². The summed E-state index contributed by atoms with van der Waals surface area (Å²) >= 11 is 0. The first-order valence-electron chi connectivity index (χ1n) is 8.50. The molecular formula is C21H29N. The van der Waals surface area contributed by atoms with Crippen LogP contribution in [-0.2, 0) is 12.8 Å². The molecule has 0 bridgehead atoms. The van der Waals surface area contributed by atoms with Gasteiger partial charge in [0.05, 0.1) is 0 Å². The molecular weight excluding hydrogens is 266 g/mol. The number of aryl methyl sites for hydroxylation is 2. The minimum absolute atomic E-state index is 0.590. The summed E-state index contributed by atoms with van der Waals surface area (Å²) in [5, 5.41) is 0. The molecule has 0 amide bonds. The topological polar surface area (TPSA) is 3.24 Å². The van der Waals surface area contributed by atoms with Gasteiger partial charge in [-0.2, -0.15) is 0 Å². The van der Waals surface area contributed by atoms with Crippen molar-refractivity contribution in [3.63, 3.8) is 0 Å². The summed E-state index contributed by atoms with van der Waals surface area (Å²) in [6.45, 7) is 6.82. The van der Waals surface area contributed by atoms with Crippen LogP contribution >= 0.6 is 0 Å². The third kappa shape index (κ3) is 5.31. The van der Waals surface area contributed by atoms with E-state index in [4.69, 9.17) is 0 Å². The fourth-order valence-electron chi connectivity index (χ4n) is 2.94. The van der Waals surface area contributed by atoms with Crippen LogP contribution in [0.1, 0.15) is 42.9 Å². The molecule has 0 aromatic heterocycles. The highest BCUT2D eigenvalue weighted by molar-refractivity contribution is 5.25. The van der Waals surface area contributed by atoms with E-state index in [1.807, 2.05) is 0 Å². The molecule has 22 heavy (non-hydrogen) atoms. The highest BCUT2D eigenvalue weighted by Gasteiger charge is 2.08. The normalized spacial score (nSPS) is 12.5. The molecule has 1 atom stereocenters. The number of benzene rings is 2. The standard InChI is InChI=1S/C21H29N/c1-4-19-12-14-21(15-13-19)18(2)17-22(3)16-8-11-20-9-6-5-7-10-20/h5-7,9-10,12-15,18H,4,8,11,16-17H2,1-3H3. The largest absolute Gasteiger partial charge is 0.306 e. The molecule has 0 spiro atoms. The first kappa shape index (κ1) is 16.8. The van der Waals surface area contributed by atoms with Crippen molar-refractivity contribution in [2.75, 3.05) is 20.1 Å². The average Bonchev–Trinajstić information content (AvgIpc) is 2.56. The quantitative estimate of drug-likeness (QED) is 0.668. The number of likely N-dealkylation sites (N-methyl/N-ethyl adjacent to an activating group) is 1. The Morgan fingerprint density at radius 3 is 2.23 bits per heavy atom. The Kier molecular flexibility index (Phi) is 6.67. The maximum Gasteiger partial charge on any atom is 0.00446 e. The molecule has 0 N–H and O–H groups in total. The minimum atomic E-state index is 0.590. The zero-order valence-electron chi connectivity index (χ0n) is 14.3. The van der Waals surface area contributed by atoms with Crippen LogP contribution in [0.3, 0.4) is 0 Å². The number of rotatable bonds is 8. The number of hydrogen-bond donors (Lipinski definition) is 0. The summed E-state index contributed by atoms with van der Waals surface area (Å²) in [6, 6.07) is 19.9. The third-order valence-electron chi connectivity index (χ3n) is 4.39. The van der Waals surface area contributed by atoms with E-state index in [-0.39, 0.29) is 0 Å². The van der Waals surface area contributed by atoms with E-state index >= 15 is 0 Å². The van der Waals surface area contributed by atoms with Gasteiger partial charge in [-0.25, -0.2) is 0 Å². The Hall–Kier alpha value is -1.60. The molecule has 2 aromatic carbocycles. The van der Waals surface area contributed by atoms with Gasteiger partial charge in [0.2, 0.25) is 0 Å². The molecule has 118 valence electrons. The Morgan fingerprint density at radius 1 is 0.909 bits per heavy atom. The van der Waals surface area contributed by atoms with Crippen LogP contribution < -0.4 is 0 Å². The van der Waals surface area contributed by atoms with Gasteiger partial charge >= 0.3 is 0 Å². The fraction of sp³-hybridized carbons (Fsp3) is 0.429.